The molecular weight excluding hydrogens is 168 g/mol. The van der Waals surface area contributed by atoms with Crippen LogP contribution in [0, 0.1) is 6.92 Å². The summed E-state index contributed by atoms with van der Waals surface area (Å²) in [7, 11) is 0. The molecule has 72 valence electrons. The summed E-state index contributed by atoms with van der Waals surface area (Å²) < 4.78 is 10.3. The van der Waals surface area contributed by atoms with Gasteiger partial charge in [-0.25, -0.2) is 0 Å². The lowest BCUT2D eigenvalue weighted by molar-refractivity contribution is 0.249. The van der Waals surface area contributed by atoms with E-state index in [0.717, 1.165) is 12.3 Å². The number of nitrogens with zero attached hydrogens (tertiary/aromatic N) is 1. The van der Waals surface area contributed by atoms with Crippen LogP contribution in [0.15, 0.2) is 10.6 Å². The van der Waals surface area contributed by atoms with Crippen molar-refractivity contribution in [3.8, 4) is 5.88 Å². The van der Waals surface area contributed by atoms with Gasteiger partial charge in [-0.2, -0.15) is 0 Å². The molecule has 0 aromatic carbocycles. The molecule has 1 aromatic heterocycles. The van der Waals surface area contributed by atoms with Crippen molar-refractivity contribution in [1.82, 2.24) is 10.5 Å². The van der Waals surface area contributed by atoms with Crippen LogP contribution in [0.5, 0.6) is 5.88 Å². The van der Waals surface area contributed by atoms with Crippen LogP contribution in [0.25, 0.3) is 0 Å². The van der Waals surface area contributed by atoms with Crippen molar-refractivity contribution < 1.29 is 9.26 Å². The smallest absolute Gasteiger partial charge is 0.254 e. The van der Waals surface area contributed by atoms with Crippen molar-refractivity contribution in [1.29, 1.82) is 0 Å². The van der Waals surface area contributed by atoms with E-state index in [-0.39, 0.29) is 0 Å². The molecule has 0 amide bonds. The standard InChI is InChI=1S/C9H14N2O2/c1-7-5-9(11-13-7)12-6-8-3-2-4-10-8/h5,8,10H,2-4,6H2,1H3. The van der Waals surface area contributed by atoms with Crippen LogP contribution in [-0.2, 0) is 0 Å². The summed E-state index contributed by atoms with van der Waals surface area (Å²) in [4.78, 5) is 0. The summed E-state index contributed by atoms with van der Waals surface area (Å²) in [6.07, 6.45) is 2.43. The second-order valence-corrected chi connectivity index (χ2v) is 3.38. The maximum Gasteiger partial charge on any atom is 0.254 e. The molecule has 1 N–H and O–H groups in total. The molecule has 0 saturated carbocycles. The van der Waals surface area contributed by atoms with Crippen LogP contribution in [-0.4, -0.2) is 24.4 Å². The highest BCUT2D eigenvalue weighted by Gasteiger charge is 2.14. The molecule has 1 aliphatic heterocycles. The first kappa shape index (κ1) is 8.56. The molecule has 2 heterocycles. The monoisotopic (exact) mass is 182 g/mol. The van der Waals surface area contributed by atoms with Gasteiger partial charge in [0.2, 0.25) is 0 Å². The minimum Gasteiger partial charge on any atom is -0.474 e. The fraction of sp³-hybridized carbons (Fsp3) is 0.667. The van der Waals surface area contributed by atoms with E-state index in [2.05, 4.69) is 10.5 Å². The van der Waals surface area contributed by atoms with E-state index in [4.69, 9.17) is 9.26 Å². The molecule has 1 unspecified atom stereocenters. The molecule has 4 nitrogen and oxygen atoms in total. The van der Waals surface area contributed by atoms with E-state index in [9.17, 15) is 0 Å². The van der Waals surface area contributed by atoms with Gasteiger partial charge < -0.3 is 14.6 Å². The fourth-order valence-electron chi connectivity index (χ4n) is 1.50. The number of hydrogen-bond donors (Lipinski definition) is 1. The first-order chi connectivity index (χ1) is 6.34. The zero-order valence-corrected chi connectivity index (χ0v) is 7.75. The summed E-state index contributed by atoms with van der Waals surface area (Å²) >= 11 is 0. The van der Waals surface area contributed by atoms with Crippen molar-refractivity contribution >= 4 is 0 Å². The van der Waals surface area contributed by atoms with Gasteiger partial charge in [0.05, 0.1) is 0 Å². The predicted octanol–water partition coefficient (Wildman–Crippen LogP) is 1.11. The fourth-order valence-corrected chi connectivity index (χ4v) is 1.50. The lowest BCUT2D eigenvalue weighted by atomic mass is 10.2. The van der Waals surface area contributed by atoms with Crippen molar-refractivity contribution in [3.63, 3.8) is 0 Å². The number of rotatable bonds is 3. The Bertz CT molecular complexity index is 266. The third-order valence-corrected chi connectivity index (χ3v) is 2.20. The Morgan fingerprint density at radius 1 is 1.77 bits per heavy atom. The molecule has 1 aromatic rings. The number of aryl methyl sites for hydroxylation is 1. The minimum atomic E-state index is 0.483. The van der Waals surface area contributed by atoms with Gasteiger partial charge in [-0.15, -0.1) is 0 Å². The van der Waals surface area contributed by atoms with E-state index in [1.54, 1.807) is 6.07 Å². The largest absolute Gasteiger partial charge is 0.474 e. The topological polar surface area (TPSA) is 47.3 Å². The SMILES string of the molecule is Cc1cc(OCC2CCCN2)no1. The molecule has 0 spiro atoms. The molecule has 0 aliphatic carbocycles. The molecule has 0 bridgehead atoms. The summed E-state index contributed by atoms with van der Waals surface area (Å²) in [5.41, 5.74) is 0. The van der Waals surface area contributed by atoms with E-state index < -0.39 is 0 Å². The van der Waals surface area contributed by atoms with E-state index in [1.807, 2.05) is 6.92 Å². The zero-order chi connectivity index (χ0) is 9.10. The van der Waals surface area contributed by atoms with Crippen LogP contribution in [0.4, 0.5) is 0 Å². The summed E-state index contributed by atoms with van der Waals surface area (Å²) in [6, 6.07) is 2.28. The van der Waals surface area contributed by atoms with Crippen molar-refractivity contribution in [3.05, 3.63) is 11.8 Å². The first-order valence-electron chi connectivity index (χ1n) is 4.64. The van der Waals surface area contributed by atoms with Gasteiger partial charge in [0, 0.05) is 12.1 Å². The second-order valence-electron chi connectivity index (χ2n) is 3.38. The van der Waals surface area contributed by atoms with Gasteiger partial charge in [0.1, 0.15) is 12.4 Å². The average molecular weight is 182 g/mol. The molecule has 1 aliphatic rings. The predicted molar refractivity (Wildman–Crippen MR) is 47.8 cm³/mol. The van der Waals surface area contributed by atoms with E-state index >= 15 is 0 Å². The van der Waals surface area contributed by atoms with Crippen LogP contribution in [0.3, 0.4) is 0 Å². The van der Waals surface area contributed by atoms with Gasteiger partial charge in [0.25, 0.3) is 5.88 Å². The maximum absolute atomic E-state index is 5.44. The van der Waals surface area contributed by atoms with E-state index in [0.29, 0.717) is 18.5 Å². The Morgan fingerprint density at radius 3 is 3.31 bits per heavy atom. The van der Waals surface area contributed by atoms with Gasteiger partial charge in [-0.05, 0) is 31.5 Å². The first-order valence-corrected chi connectivity index (χ1v) is 4.64. The molecule has 1 saturated heterocycles. The zero-order valence-electron chi connectivity index (χ0n) is 7.75. The van der Waals surface area contributed by atoms with Crippen LogP contribution < -0.4 is 10.1 Å². The van der Waals surface area contributed by atoms with Gasteiger partial charge >= 0.3 is 0 Å². The van der Waals surface area contributed by atoms with Crippen LogP contribution >= 0.6 is 0 Å². The van der Waals surface area contributed by atoms with Gasteiger partial charge in [0.15, 0.2) is 0 Å². The van der Waals surface area contributed by atoms with Crippen molar-refractivity contribution in [2.24, 2.45) is 0 Å². The Labute approximate surface area is 77.2 Å². The Balaban J connectivity index is 1.78. The van der Waals surface area contributed by atoms with Crippen LogP contribution in [0.1, 0.15) is 18.6 Å². The molecular formula is C9H14N2O2. The lowest BCUT2D eigenvalue weighted by Gasteiger charge is -2.08. The number of hydrogen-bond acceptors (Lipinski definition) is 4. The van der Waals surface area contributed by atoms with Crippen molar-refractivity contribution in [2.45, 2.75) is 25.8 Å². The van der Waals surface area contributed by atoms with Gasteiger partial charge in [-0.1, -0.05) is 0 Å². The third kappa shape index (κ3) is 2.21. The van der Waals surface area contributed by atoms with Gasteiger partial charge in [-0.3, -0.25) is 0 Å². The highest BCUT2D eigenvalue weighted by molar-refractivity contribution is 5.09. The molecule has 4 heteroatoms. The van der Waals surface area contributed by atoms with E-state index in [1.165, 1.54) is 12.8 Å². The quantitative estimate of drug-likeness (QED) is 0.760. The molecule has 13 heavy (non-hydrogen) atoms. The summed E-state index contributed by atoms with van der Waals surface area (Å²) in [5, 5.41) is 7.10. The Kier molecular flexibility index (Phi) is 2.49. The summed E-state index contributed by atoms with van der Waals surface area (Å²) in [5.74, 6) is 1.38. The van der Waals surface area contributed by atoms with Crippen molar-refractivity contribution in [2.75, 3.05) is 13.2 Å². The Hall–Kier alpha value is -1.03. The molecule has 2 rings (SSSR count). The maximum atomic E-state index is 5.44. The molecule has 1 atom stereocenters. The van der Waals surface area contributed by atoms with Crippen LogP contribution in [0.2, 0.25) is 0 Å². The molecule has 1 fully saturated rings. The minimum absolute atomic E-state index is 0.483. The second kappa shape index (κ2) is 3.79. The lowest BCUT2D eigenvalue weighted by Crippen LogP contribution is -2.28. The molecule has 0 radical (unpaired) electrons. The third-order valence-electron chi connectivity index (χ3n) is 2.20. The highest BCUT2D eigenvalue weighted by Crippen LogP contribution is 2.12. The highest BCUT2D eigenvalue weighted by atomic mass is 16.5. The number of aromatic nitrogens is 1. The normalized spacial score (nSPS) is 22.1. The number of ether oxygens (including phenoxy) is 1. The average Bonchev–Trinajstić information content (AvgIpc) is 2.71. The number of nitrogens with one attached hydrogen (secondary N) is 1. The summed E-state index contributed by atoms with van der Waals surface area (Å²) in [6.45, 7) is 3.64. The Morgan fingerprint density at radius 2 is 2.69 bits per heavy atom.